The highest BCUT2D eigenvalue weighted by Gasteiger charge is 2.26. The zero-order valence-electron chi connectivity index (χ0n) is 12.4. The van der Waals surface area contributed by atoms with Crippen molar-refractivity contribution in [2.24, 2.45) is 0 Å². The van der Waals surface area contributed by atoms with Gasteiger partial charge in [0.05, 0.1) is 19.6 Å². The number of sulfone groups is 1. The number of nitrogens with zero attached hydrogens (tertiary/aromatic N) is 2. The second-order valence-corrected chi connectivity index (χ2v) is 7.29. The molecular formula is C14H10Cl2N2O6S. The first-order valence-electron chi connectivity index (χ1n) is 6.64. The van der Waals surface area contributed by atoms with Crippen LogP contribution in [0.15, 0.2) is 46.2 Å². The number of non-ortho nitro benzene ring substituents is 2. The highest BCUT2D eigenvalue weighted by atomic mass is 35.5. The van der Waals surface area contributed by atoms with Crippen LogP contribution in [-0.2, 0) is 21.6 Å². The fourth-order valence-electron chi connectivity index (χ4n) is 2.21. The van der Waals surface area contributed by atoms with Gasteiger partial charge in [0, 0.05) is 36.0 Å². The summed E-state index contributed by atoms with van der Waals surface area (Å²) in [6, 6.07) is 6.43. The van der Waals surface area contributed by atoms with Gasteiger partial charge in [0.2, 0.25) is 9.84 Å². The molecule has 11 heteroatoms. The molecule has 0 aliphatic rings. The maximum absolute atomic E-state index is 12.9. The van der Waals surface area contributed by atoms with Crippen LogP contribution in [0.2, 0.25) is 0 Å². The fraction of sp³-hybridized carbons (Fsp3) is 0.143. The van der Waals surface area contributed by atoms with Gasteiger partial charge in [-0.05, 0) is 23.3 Å². The van der Waals surface area contributed by atoms with Crippen LogP contribution < -0.4 is 0 Å². The molecule has 0 spiro atoms. The zero-order chi connectivity index (χ0) is 18.8. The molecule has 0 amide bonds. The number of alkyl halides is 2. The Hall–Kier alpha value is -2.23. The second kappa shape index (κ2) is 7.34. The van der Waals surface area contributed by atoms with Crippen LogP contribution in [0.3, 0.4) is 0 Å². The van der Waals surface area contributed by atoms with E-state index in [-0.39, 0.29) is 44.1 Å². The van der Waals surface area contributed by atoms with Crippen LogP contribution in [0.1, 0.15) is 11.1 Å². The number of hydrogen-bond acceptors (Lipinski definition) is 6. The van der Waals surface area contributed by atoms with Gasteiger partial charge in [-0.2, -0.15) is 0 Å². The molecule has 2 aromatic carbocycles. The summed E-state index contributed by atoms with van der Waals surface area (Å²) >= 11 is 11.5. The van der Waals surface area contributed by atoms with E-state index < -0.39 is 19.7 Å². The Morgan fingerprint density at radius 3 is 1.44 bits per heavy atom. The SMILES string of the molecule is O=[N+]([O-])c1ccc(S(=O)(=O)c2ccc([N+](=O)[O-])cc2CCl)c(CCl)c1. The van der Waals surface area contributed by atoms with Gasteiger partial charge in [0.25, 0.3) is 11.4 Å². The Labute approximate surface area is 152 Å². The Bertz CT molecular complexity index is 890. The molecule has 0 radical (unpaired) electrons. The smallest absolute Gasteiger partial charge is 0.258 e. The number of halogens is 2. The van der Waals surface area contributed by atoms with E-state index >= 15 is 0 Å². The van der Waals surface area contributed by atoms with Crippen molar-refractivity contribution in [1.29, 1.82) is 0 Å². The standard InChI is InChI=1S/C14H10Cl2N2O6S/c15-7-9-5-11(17(19)20)1-3-13(9)25(23,24)14-4-2-12(18(21)22)6-10(14)8-16/h1-6H,7-8H2. The largest absolute Gasteiger partial charge is 0.269 e. The number of rotatable bonds is 6. The molecule has 0 saturated carbocycles. The summed E-state index contributed by atoms with van der Waals surface area (Å²) in [5.41, 5.74) is -0.490. The van der Waals surface area contributed by atoms with Gasteiger partial charge in [-0.15, -0.1) is 23.2 Å². The average Bonchev–Trinajstić information content (AvgIpc) is 2.60. The Morgan fingerprint density at radius 1 is 0.800 bits per heavy atom. The molecule has 25 heavy (non-hydrogen) atoms. The lowest BCUT2D eigenvalue weighted by Crippen LogP contribution is -2.08. The molecule has 0 aliphatic heterocycles. The van der Waals surface area contributed by atoms with E-state index in [0.29, 0.717) is 0 Å². The van der Waals surface area contributed by atoms with Crippen LogP contribution in [0.4, 0.5) is 11.4 Å². The summed E-state index contributed by atoms with van der Waals surface area (Å²) in [6.45, 7) is 0. The Balaban J connectivity index is 2.67. The van der Waals surface area contributed by atoms with E-state index in [9.17, 15) is 28.6 Å². The monoisotopic (exact) mass is 404 g/mol. The summed E-state index contributed by atoms with van der Waals surface area (Å²) in [5, 5.41) is 21.7. The summed E-state index contributed by atoms with van der Waals surface area (Å²) in [4.78, 5) is 19.9. The first-order chi connectivity index (χ1) is 11.7. The highest BCUT2D eigenvalue weighted by molar-refractivity contribution is 7.91. The lowest BCUT2D eigenvalue weighted by Gasteiger charge is -2.11. The van der Waals surface area contributed by atoms with Crippen molar-refractivity contribution in [1.82, 2.24) is 0 Å². The molecule has 0 N–H and O–H groups in total. The Kier molecular flexibility index (Phi) is 5.61. The van der Waals surface area contributed by atoms with Gasteiger partial charge in [0.15, 0.2) is 0 Å². The van der Waals surface area contributed by atoms with E-state index in [4.69, 9.17) is 23.2 Å². The molecule has 0 unspecified atom stereocenters. The number of nitro benzene ring substituents is 2. The first-order valence-corrected chi connectivity index (χ1v) is 9.19. The summed E-state index contributed by atoms with van der Waals surface area (Å²) in [6.07, 6.45) is 0. The minimum atomic E-state index is -4.12. The minimum Gasteiger partial charge on any atom is -0.258 e. The molecule has 2 rings (SSSR count). The number of benzene rings is 2. The van der Waals surface area contributed by atoms with E-state index in [1.54, 1.807) is 0 Å². The van der Waals surface area contributed by atoms with Crippen molar-refractivity contribution in [2.75, 3.05) is 0 Å². The van der Waals surface area contributed by atoms with Crippen LogP contribution in [-0.4, -0.2) is 18.3 Å². The van der Waals surface area contributed by atoms with E-state index in [1.807, 2.05) is 0 Å². The van der Waals surface area contributed by atoms with E-state index in [2.05, 4.69) is 0 Å². The molecule has 0 fully saturated rings. The molecule has 0 saturated heterocycles. The van der Waals surface area contributed by atoms with E-state index in [1.165, 1.54) is 0 Å². The predicted octanol–water partition coefficient (Wildman–Crippen LogP) is 3.81. The van der Waals surface area contributed by atoms with Gasteiger partial charge in [-0.3, -0.25) is 20.2 Å². The van der Waals surface area contributed by atoms with Crippen LogP contribution in [0, 0.1) is 20.2 Å². The number of hydrogen-bond donors (Lipinski definition) is 0. The van der Waals surface area contributed by atoms with Gasteiger partial charge in [-0.1, -0.05) is 0 Å². The van der Waals surface area contributed by atoms with Crippen LogP contribution >= 0.6 is 23.2 Å². The van der Waals surface area contributed by atoms with Crippen LogP contribution in [0.5, 0.6) is 0 Å². The van der Waals surface area contributed by atoms with Crippen molar-refractivity contribution >= 4 is 44.4 Å². The van der Waals surface area contributed by atoms with Gasteiger partial charge >= 0.3 is 0 Å². The van der Waals surface area contributed by atoms with Crippen molar-refractivity contribution in [3.63, 3.8) is 0 Å². The molecule has 0 aliphatic carbocycles. The third-order valence-electron chi connectivity index (χ3n) is 3.38. The van der Waals surface area contributed by atoms with Gasteiger partial charge < -0.3 is 0 Å². The first kappa shape index (κ1) is 19.1. The normalized spacial score (nSPS) is 11.3. The quantitative estimate of drug-likeness (QED) is 0.409. The molecule has 8 nitrogen and oxygen atoms in total. The Morgan fingerprint density at radius 2 is 1.16 bits per heavy atom. The van der Waals surface area contributed by atoms with Crippen molar-refractivity contribution in [2.45, 2.75) is 21.6 Å². The molecule has 0 bridgehead atoms. The molecule has 0 aromatic heterocycles. The second-order valence-electron chi connectivity index (χ2n) is 4.87. The predicted molar refractivity (Wildman–Crippen MR) is 90.8 cm³/mol. The van der Waals surface area contributed by atoms with Crippen molar-refractivity contribution in [3.8, 4) is 0 Å². The summed E-state index contributed by atoms with van der Waals surface area (Å²) in [5.74, 6) is -0.529. The third-order valence-corrected chi connectivity index (χ3v) is 5.91. The van der Waals surface area contributed by atoms with Crippen molar-refractivity contribution < 1.29 is 18.3 Å². The molecule has 0 heterocycles. The van der Waals surface area contributed by atoms with E-state index in [0.717, 1.165) is 36.4 Å². The summed E-state index contributed by atoms with van der Waals surface area (Å²) < 4.78 is 25.8. The molecule has 132 valence electrons. The lowest BCUT2D eigenvalue weighted by molar-refractivity contribution is -0.385. The topological polar surface area (TPSA) is 120 Å². The molecule has 0 atom stereocenters. The molecular weight excluding hydrogens is 395 g/mol. The van der Waals surface area contributed by atoms with Gasteiger partial charge in [-0.25, -0.2) is 8.42 Å². The highest BCUT2D eigenvalue weighted by Crippen LogP contribution is 2.32. The maximum atomic E-state index is 12.9. The van der Waals surface area contributed by atoms with Crippen molar-refractivity contribution in [3.05, 3.63) is 67.8 Å². The molecule has 2 aromatic rings. The minimum absolute atomic E-state index is 0.0507. The van der Waals surface area contributed by atoms with Crippen LogP contribution in [0.25, 0.3) is 0 Å². The third kappa shape index (κ3) is 3.73. The zero-order valence-corrected chi connectivity index (χ0v) is 14.7. The number of nitro groups is 2. The maximum Gasteiger partial charge on any atom is 0.269 e. The fourth-order valence-corrected chi connectivity index (χ4v) is 4.50. The van der Waals surface area contributed by atoms with Gasteiger partial charge in [0.1, 0.15) is 0 Å². The lowest BCUT2D eigenvalue weighted by atomic mass is 10.2. The average molecular weight is 405 g/mol. The summed E-state index contributed by atoms with van der Waals surface area (Å²) in [7, 11) is -4.12.